The SMILES string of the molecule is Cc1ccc(C(C)C)c(N2CCCS/C2=N\C(=O)NCc2ccc(-c3ncn(-c4ccc(OC(F)(F)F)cc4)n3)cc2)c1. The lowest BCUT2D eigenvalue weighted by Crippen LogP contribution is -2.36. The molecule has 0 spiro atoms. The molecule has 224 valence electrons. The topological polar surface area (TPSA) is 84.6 Å². The molecule has 1 aliphatic heterocycles. The van der Waals surface area contributed by atoms with Crippen molar-refractivity contribution in [3.63, 3.8) is 0 Å². The highest BCUT2D eigenvalue weighted by Crippen LogP contribution is 2.33. The molecule has 0 radical (unpaired) electrons. The number of aromatic nitrogens is 3. The molecule has 1 N–H and O–H groups in total. The number of anilines is 1. The van der Waals surface area contributed by atoms with Gasteiger partial charge in [-0.3, -0.25) is 0 Å². The van der Waals surface area contributed by atoms with Crippen molar-refractivity contribution in [2.75, 3.05) is 17.2 Å². The first-order valence-corrected chi connectivity index (χ1v) is 14.8. The zero-order valence-corrected chi connectivity index (χ0v) is 24.7. The summed E-state index contributed by atoms with van der Waals surface area (Å²) < 4.78 is 42.6. The van der Waals surface area contributed by atoms with Crippen LogP contribution in [0.2, 0.25) is 0 Å². The van der Waals surface area contributed by atoms with E-state index in [0.717, 1.165) is 41.1 Å². The normalized spacial score (nSPS) is 14.8. The standard InChI is InChI=1S/C31H31F3N6O2S/c1-20(2)26-14-5-21(3)17-27(26)39-15-4-16-43-30(39)37-29(41)35-18-22-6-8-23(9-7-22)28-36-19-40(38-28)24-10-12-25(13-11-24)42-31(32,33)34/h5-14,17,19-20H,4,15-16,18H2,1-3H3,(H,35,41)/b37-30-. The van der Waals surface area contributed by atoms with Gasteiger partial charge in [-0.15, -0.1) is 18.3 Å². The molecule has 0 saturated carbocycles. The average Bonchev–Trinajstić information content (AvgIpc) is 3.46. The number of amidine groups is 1. The van der Waals surface area contributed by atoms with Gasteiger partial charge in [-0.2, -0.15) is 4.99 Å². The van der Waals surface area contributed by atoms with Crippen LogP contribution in [0, 0.1) is 6.92 Å². The molecule has 0 unspecified atom stereocenters. The number of urea groups is 1. The number of nitrogens with one attached hydrogen (secondary N) is 1. The predicted octanol–water partition coefficient (Wildman–Crippen LogP) is 7.47. The number of carbonyl (C=O) groups excluding carboxylic acids is 1. The maximum atomic E-state index is 12.8. The molecular formula is C31H31F3N6O2S. The molecule has 1 fully saturated rings. The fourth-order valence-electron chi connectivity index (χ4n) is 4.65. The monoisotopic (exact) mass is 608 g/mol. The Morgan fingerprint density at radius 3 is 2.53 bits per heavy atom. The molecule has 8 nitrogen and oxygen atoms in total. The van der Waals surface area contributed by atoms with E-state index in [1.54, 1.807) is 11.8 Å². The van der Waals surface area contributed by atoms with Crippen LogP contribution in [0.4, 0.5) is 23.7 Å². The molecule has 0 bridgehead atoms. The summed E-state index contributed by atoms with van der Waals surface area (Å²) in [6.45, 7) is 7.52. The second-order valence-electron chi connectivity index (χ2n) is 10.4. The van der Waals surface area contributed by atoms with Gasteiger partial charge in [0.1, 0.15) is 12.1 Å². The third-order valence-corrected chi connectivity index (χ3v) is 7.83. The summed E-state index contributed by atoms with van der Waals surface area (Å²) in [6, 6.07) is 18.8. The summed E-state index contributed by atoms with van der Waals surface area (Å²) >= 11 is 1.59. The van der Waals surface area contributed by atoms with Gasteiger partial charge in [-0.25, -0.2) is 14.5 Å². The quantitative estimate of drug-likeness (QED) is 0.234. The molecule has 12 heteroatoms. The van der Waals surface area contributed by atoms with Gasteiger partial charge in [0, 0.05) is 30.1 Å². The fraction of sp³-hybridized carbons (Fsp3) is 0.290. The number of hydrogen-bond donors (Lipinski definition) is 1. The van der Waals surface area contributed by atoms with Crippen molar-refractivity contribution in [3.05, 3.63) is 89.7 Å². The number of carbonyl (C=O) groups is 1. The number of halogens is 3. The van der Waals surface area contributed by atoms with E-state index in [1.807, 2.05) is 24.3 Å². The minimum absolute atomic E-state index is 0.302. The van der Waals surface area contributed by atoms with E-state index in [2.05, 4.69) is 69.0 Å². The molecule has 1 saturated heterocycles. The maximum absolute atomic E-state index is 12.8. The van der Waals surface area contributed by atoms with E-state index in [9.17, 15) is 18.0 Å². The van der Waals surface area contributed by atoms with E-state index >= 15 is 0 Å². The molecule has 4 aromatic rings. The molecule has 0 atom stereocenters. The van der Waals surface area contributed by atoms with E-state index in [4.69, 9.17) is 0 Å². The lowest BCUT2D eigenvalue weighted by atomic mass is 9.98. The molecule has 43 heavy (non-hydrogen) atoms. The number of alkyl halides is 3. The number of amides is 2. The van der Waals surface area contributed by atoms with Gasteiger partial charge in [0.25, 0.3) is 0 Å². The van der Waals surface area contributed by atoms with Crippen molar-refractivity contribution in [1.82, 2.24) is 20.1 Å². The van der Waals surface area contributed by atoms with Crippen molar-refractivity contribution in [1.29, 1.82) is 0 Å². The molecule has 1 aliphatic rings. The molecule has 5 rings (SSSR count). The smallest absolute Gasteiger partial charge is 0.406 e. The van der Waals surface area contributed by atoms with Gasteiger partial charge in [0.05, 0.1) is 5.69 Å². The minimum atomic E-state index is -4.75. The summed E-state index contributed by atoms with van der Waals surface area (Å²) in [5.74, 6) is 1.39. The first kappa shape index (κ1) is 30.1. The highest BCUT2D eigenvalue weighted by atomic mass is 32.2. The van der Waals surface area contributed by atoms with Crippen LogP contribution in [0.1, 0.15) is 42.9 Å². The lowest BCUT2D eigenvalue weighted by molar-refractivity contribution is -0.274. The third-order valence-electron chi connectivity index (χ3n) is 6.77. The Morgan fingerprint density at radius 2 is 1.84 bits per heavy atom. The summed E-state index contributed by atoms with van der Waals surface area (Å²) in [7, 11) is 0. The number of ether oxygens (including phenoxy) is 1. The molecule has 3 aromatic carbocycles. The number of rotatable bonds is 7. The molecule has 2 amide bonds. The zero-order valence-electron chi connectivity index (χ0n) is 23.9. The summed E-state index contributed by atoms with van der Waals surface area (Å²) in [5, 5.41) is 8.02. The van der Waals surface area contributed by atoms with Gasteiger partial charge >= 0.3 is 12.4 Å². The Morgan fingerprint density at radius 1 is 1.09 bits per heavy atom. The zero-order chi connectivity index (χ0) is 30.6. The van der Waals surface area contributed by atoms with E-state index in [0.29, 0.717) is 29.1 Å². The van der Waals surface area contributed by atoms with Gasteiger partial charge < -0.3 is 15.0 Å². The van der Waals surface area contributed by atoms with E-state index < -0.39 is 12.4 Å². The fourth-order valence-corrected chi connectivity index (χ4v) is 5.60. The maximum Gasteiger partial charge on any atom is 0.573 e. The highest BCUT2D eigenvalue weighted by molar-refractivity contribution is 8.14. The van der Waals surface area contributed by atoms with Crippen molar-refractivity contribution >= 4 is 28.6 Å². The van der Waals surface area contributed by atoms with Crippen LogP contribution in [-0.4, -0.2) is 44.6 Å². The Hall–Kier alpha value is -4.32. The van der Waals surface area contributed by atoms with Gasteiger partial charge in [-0.1, -0.05) is 62.0 Å². The Balaban J connectivity index is 1.21. The van der Waals surface area contributed by atoms with Crippen molar-refractivity contribution in [2.24, 2.45) is 4.99 Å². The van der Waals surface area contributed by atoms with Crippen molar-refractivity contribution in [2.45, 2.75) is 46.0 Å². The number of nitrogens with zero attached hydrogens (tertiary/aromatic N) is 5. The molecular weight excluding hydrogens is 577 g/mol. The van der Waals surface area contributed by atoms with Crippen LogP contribution < -0.4 is 15.0 Å². The Kier molecular flexibility index (Phi) is 9.05. The third kappa shape index (κ3) is 7.75. The van der Waals surface area contributed by atoms with Crippen LogP contribution in [-0.2, 0) is 6.54 Å². The number of aryl methyl sites for hydroxylation is 1. The molecule has 0 aliphatic carbocycles. The second kappa shape index (κ2) is 12.9. The van der Waals surface area contributed by atoms with Crippen LogP contribution in [0.25, 0.3) is 17.1 Å². The van der Waals surface area contributed by atoms with Crippen molar-refractivity contribution < 1.29 is 22.7 Å². The van der Waals surface area contributed by atoms with Gasteiger partial charge in [0.15, 0.2) is 11.0 Å². The van der Waals surface area contributed by atoms with Crippen LogP contribution in [0.3, 0.4) is 0 Å². The van der Waals surface area contributed by atoms with Gasteiger partial charge in [-0.05, 0) is 66.3 Å². The lowest BCUT2D eigenvalue weighted by Gasteiger charge is -2.32. The molecule has 2 heterocycles. The number of aliphatic imine (C=N–C) groups is 1. The summed E-state index contributed by atoms with van der Waals surface area (Å²) in [4.78, 5) is 23.7. The Bertz CT molecular complexity index is 1600. The largest absolute Gasteiger partial charge is 0.573 e. The molecule has 1 aromatic heterocycles. The van der Waals surface area contributed by atoms with E-state index in [1.165, 1.54) is 40.8 Å². The van der Waals surface area contributed by atoms with Crippen LogP contribution in [0.15, 0.2) is 78.0 Å². The van der Waals surface area contributed by atoms with E-state index in [-0.39, 0.29) is 5.75 Å². The highest BCUT2D eigenvalue weighted by Gasteiger charge is 2.31. The summed E-state index contributed by atoms with van der Waals surface area (Å²) in [5.41, 5.74) is 5.66. The predicted molar refractivity (Wildman–Crippen MR) is 163 cm³/mol. The van der Waals surface area contributed by atoms with Gasteiger partial charge in [0.2, 0.25) is 0 Å². The van der Waals surface area contributed by atoms with Crippen LogP contribution in [0.5, 0.6) is 5.75 Å². The van der Waals surface area contributed by atoms with Crippen LogP contribution >= 0.6 is 11.8 Å². The first-order valence-electron chi connectivity index (χ1n) is 13.8. The first-order chi connectivity index (χ1) is 20.6. The summed E-state index contributed by atoms with van der Waals surface area (Å²) in [6.07, 6.45) is -2.26. The number of benzene rings is 3. The number of hydrogen-bond acceptors (Lipinski definition) is 5. The van der Waals surface area contributed by atoms with Crippen molar-refractivity contribution in [3.8, 4) is 22.8 Å². The average molecular weight is 609 g/mol. The minimum Gasteiger partial charge on any atom is -0.406 e. The number of thioether (sulfide) groups is 1. The Labute approximate surface area is 252 Å². The second-order valence-corrected chi connectivity index (χ2v) is 11.4.